The molecule has 1 unspecified atom stereocenters. The molecule has 98 valence electrons. The zero-order chi connectivity index (χ0) is 13.0. The normalized spacial score (nSPS) is 12.8. The fourth-order valence-corrected chi connectivity index (χ4v) is 1.87. The molecular weight excluding hydrogens is 232 g/mol. The van der Waals surface area contributed by atoms with E-state index in [0.717, 1.165) is 23.3 Å². The van der Waals surface area contributed by atoms with Gasteiger partial charge in [-0.3, -0.25) is 4.68 Å². The summed E-state index contributed by atoms with van der Waals surface area (Å²) in [6.45, 7) is 1.19. The number of nitrogens with two attached hydrogens (primary N) is 1. The third kappa shape index (κ3) is 2.57. The van der Waals surface area contributed by atoms with Gasteiger partial charge in [0, 0.05) is 14.2 Å². The fourth-order valence-electron chi connectivity index (χ4n) is 1.87. The molecule has 0 amide bonds. The molecule has 0 radical (unpaired) electrons. The van der Waals surface area contributed by atoms with Crippen LogP contribution in [-0.4, -0.2) is 46.1 Å². The number of aromatic nitrogens is 4. The van der Waals surface area contributed by atoms with Crippen LogP contribution >= 0.6 is 0 Å². The molecule has 0 bridgehead atoms. The van der Waals surface area contributed by atoms with Crippen LogP contribution in [-0.2, 0) is 11.8 Å². The summed E-state index contributed by atoms with van der Waals surface area (Å²) in [6.07, 6.45) is 4.10. The van der Waals surface area contributed by atoms with Crippen molar-refractivity contribution in [2.75, 3.05) is 25.6 Å². The van der Waals surface area contributed by atoms with Crippen molar-refractivity contribution in [2.45, 2.75) is 12.5 Å². The van der Waals surface area contributed by atoms with Gasteiger partial charge in [0.15, 0.2) is 5.65 Å². The van der Waals surface area contributed by atoms with Gasteiger partial charge < -0.3 is 15.8 Å². The second-order valence-electron chi connectivity index (χ2n) is 4.10. The Morgan fingerprint density at radius 2 is 2.33 bits per heavy atom. The van der Waals surface area contributed by atoms with Gasteiger partial charge in [0.2, 0.25) is 0 Å². The first-order valence-corrected chi connectivity index (χ1v) is 5.84. The molecule has 3 N–H and O–H groups in total. The number of fused-ring (bicyclic) bond motifs is 1. The summed E-state index contributed by atoms with van der Waals surface area (Å²) in [6, 6.07) is 0.137. The highest BCUT2D eigenvalue weighted by molar-refractivity contribution is 5.86. The van der Waals surface area contributed by atoms with Crippen LogP contribution in [0.5, 0.6) is 0 Å². The molecule has 7 heteroatoms. The largest absolute Gasteiger partial charge is 0.383 e. The monoisotopic (exact) mass is 250 g/mol. The number of anilines is 1. The molecule has 7 nitrogen and oxygen atoms in total. The van der Waals surface area contributed by atoms with Gasteiger partial charge in [-0.05, 0) is 13.0 Å². The summed E-state index contributed by atoms with van der Waals surface area (Å²) in [5, 5.41) is 8.40. The van der Waals surface area contributed by atoms with Crippen molar-refractivity contribution in [3.63, 3.8) is 0 Å². The van der Waals surface area contributed by atoms with Crippen LogP contribution in [0, 0.1) is 0 Å². The first kappa shape index (κ1) is 12.7. The van der Waals surface area contributed by atoms with E-state index in [-0.39, 0.29) is 6.04 Å². The molecule has 2 heterocycles. The van der Waals surface area contributed by atoms with Crippen molar-refractivity contribution in [3.05, 3.63) is 12.5 Å². The number of aryl methyl sites for hydroxylation is 1. The van der Waals surface area contributed by atoms with Crippen LogP contribution in [0.15, 0.2) is 12.5 Å². The van der Waals surface area contributed by atoms with E-state index in [2.05, 4.69) is 20.4 Å². The highest BCUT2D eigenvalue weighted by Gasteiger charge is 2.12. The molecule has 2 rings (SSSR count). The molecule has 0 aliphatic rings. The standard InChI is InChI=1S/C11H18N6O/c1-17-11-9(5-15-17)10(13-7-14-11)16-8(3-4-12)6-18-2/h5,7-8H,3-4,6,12H2,1-2H3,(H,13,14,16). The first-order chi connectivity index (χ1) is 8.76. The maximum atomic E-state index is 5.59. The van der Waals surface area contributed by atoms with E-state index >= 15 is 0 Å². The minimum atomic E-state index is 0.137. The van der Waals surface area contributed by atoms with E-state index < -0.39 is 0 Å². The summed E-state index contributed by atoms with van der Waals surface area (Å²) >= 11 is 0. The Kier molecular flexibility index (Phi) is 4.06. The highest BCUT2D eigenvalue weighted by Crippen LogP contribution is 2.18. The Labute approximate surface area is 105 Å². The van der Waals surface area contributed by atoms with E-state index in [1.165, 1.54) is 6.33 Å². The molecule has 0 saturated carbocycles. The van der Waals surface area contributed by atoms with E-state index in [4.69, 9.17) is 10.5 Å². The van der Waals surface area contributed by atoms with E-state index in [9.17, 15) is 0 Å². The number of nitrogens with one attached hydrogen (secondary N) is 1. The fraction of sp³-hybridized carbons (Fsp3) is 0.545. The average molecular weight is 250 g/mol. The number of ether oxygens (including phenoxy) is 1. The predicted octanol–water partition coefficient (Wildman–Crippen LogP) is 0.139. The van der Waals surface area contributed by atoms with Crippen LogP contribution in [0.25, 0.3) is 11.0 Å². The van der Waals surface area contributed by atoms with Crippen LogP contribution in [0.4, 0.5) is 5.82 Å². The zero-order valence-corrected chi connectivity index (χ0v) is 10.6. The summed E-state index contributed by atoms with van der Waals surface area (Å²) in [5.41, 5.74) is 6.39. The Hall–Kier alpha value is -1.73. The number of hydrogen-bond donors (Lipinski definition) is 2. The zero-order valence-electron chi connectivity index (χ0n) is 10.6. The van der Waals surface area contributed by atoms with Gasteiger partial charge in [-0.15, -0.1) is 0 Å². The first-order valence-electron chi connectivity index (χ1n) is 5.84. The molecule has 0 aliphatic carbocycles. The third-order valence-corrected chi connectivity index (χ3v) is 2.75. The van der Waals surface area contributed by atoms with Crippen molar-refractivity contribution in [2.24, 2.45) is 12.8 Å². The van der Waals surface area contributed by atoms with Crippen molar-refractivity contribution >= 4 is 16.9 Å². The maximum absolute atomic E-state index is 5.59. The van der Waals surface area contributed by atoms with E-state index in [1.807, 2.05) is 7.05 Å². The molecule has 0 spiro atoms. The topological polar surface area (TPSA) is 90.9 Å². The summed E-state index contributed by atoms with van der Waals surface area (Å²) in [5.74, 6) is 0.767. The van der Waals surface area contributed by atoms with E-state index in [0.29, 0.717) is 13.2 Å². The van der Waals surface area contributed by atoms with Gasteiger partial charge in [0.25, 0.3) is 0 Å². The van der Waals surface area contributed by atoms with Gasteiger partial charge in [-0.25, -0.2) is 9.97 Å². The molecule has 0 saturated heterocycles. The van der Waals surface area contributed by atoms with Gasteiger partial charge in [-0.1, -0.05) is 0 Å². The minimum absolute atomic E-state index is 0.137. The lowest BCUT2D eigenvalue weighted by molar-refractivity contribution is 0.183. The minimum Gasteiger partial charge on any atom is -0.383 e. The molecule has 1 atom stereocenters. The number of rotatable bonds is 6. The summed E-state index contributed by atoms with van der Waals surface area (Å²) < 4.78 is 6.88. The van der Waals surface area contributed by atoms with Crippen LogP contribution in [0.2, 0.25) is 0 Å². The molecule has 0 aliphatic heterocycles. The Morgan fingerprint density at radius 1 is 1.50 bits per heavy atom. The van der Waals surface area contributed by atoms with Gasteiger partial charge in [0.05, 0.1) is 24.2 Å². The van der Waals surface area contributed by atoms with Crippen molar-refractivity contribution < 1.29 is 4.74 Å². The quantitative estimate of drug-likeness (QED) is 0.757. The van der Waals surface area contributed by atoms with Gasteiger partial charge in [-0.2, -0.15) is 5.10 Å². The van der Waals surface area contributed by atoms with Crippen LogP contribution in [0.3, 0.4) is 0 Å². The molecule has 0 aromatic carbocycles. The number of nitrogens with zero attached hydrogens (tertiary/aromatic N) is 4. The third-order valence-electron chi connectivity index (χ3n) is 2.75. The molecule has 18 heavy (non-hydrogen) atoms. The van der Waals surface area contributed by atoms with Gasteiger partial charge in [0.1, 0.15) is 12.1 Å². The SMILES string of the molecule is COCC(CCN)Nc1ncnc2c1cnn2C. The Morgan fingerprint density at radius 3 is 3.06 bits per heavy atom. The average Bonchev–Trinajstić information content (AvgIpc) is 2.73. The summed E-state index contributed by atoms with van der Waals surface area (Å²) in [7, 11) is 3.52. The second kappa shape index (κ2) is 5.74. The lowest BCUT2D eigenvalue weighted by Crippen LogP contribution is -2.28. The smallest absolute Gasteiger partial charge is 0.163 e. The Balaban J connectivity index is 2.24. The molecular formula is C11H18N6O. The maximum Gasteiger partial charge on any atom is 0.163 e. The Bertz CT molecular complexity index is 505. The van der Waals surface area contributed by atoms with Crippen molar-refractivity contribution in [1.82, 2.24) is 19.7 Å². The second-order valence-corrected chi connectivity index (χ2v) is 4.10. The lowest BCUT2D eigenvalue weighted by Gasteiger charge is -2.17. The van der Waals surface area contributed by atoms with Gasteiger partial charge >= 0.3 is 0 Å². The molecule has 2 aromatic heterocycles. The van der Waals surface area contributed by atoms with E-state index in [1.54, 1.807) is 18.0 Å². The van der Waals surface area contributed by atoms with Crippen LogP contribution in [0.1, 0.15) is 6.42 Å². The predicted molar refractivity (Wildman–Crippen MR) is 69.3 cm³/mol. The summed E-state index contributed by atoms with van der Waals surface area (Å²) in [4.78, 5) is 8.45. The van der Waals surface area contributed by atoms with Crippen LogP contribution < -0.4 is 11.1 Å². The van der Waals surface area contributed by atoms with Crippen molar-refractivity contribution in [3.8, 4) is 0 Å². The number of hydrogen-bond acceptors (Lipinski definition) is 6. The molecule has 0 fully saturated rings. The lowest BCUT2D eigenvalue weighted by atomic mass is 10.2. The number of methoxy groups -OCH3 is 1. The highest BCUT2D eigenvalue weighted by atomic mass is 16.5. The molecule has 2 aromatic rings. The van der Waals surface area contributed by atoms with Crippen molar-refractivity contribution in [1.29, 1.82) is 0 Å².